The van der Waals surface area contributed by atoms with Gasteiger partial charge in [0.15, 0.2) is 0 Å². The number of likely N-dealkylation sites (tertiary alicyclic amines) is 1. The molecule has 0 radical (unpaired) electrons. The molecule has 1 N–H and O–H groups in total. The molecule has 4 nitrogen and oxygen atoms in total. The Balaban J connectivity index is 2.54. The lowest BCUT2D eigenvalue weighted by molar-refractivity contribution is -0.131. The van der Waals surface area contributed by atoms with E-state index in [-0.39, 0.29) is 11.9 Å². The van der Waals surface area contributed by atoms with Crippen LogP contribution in [0, 0.1) is 5.92 Å². The van der Waals surface area contributed by atoms with Gasteiger partial charge in [0, 0.05) is 26.7 Å². The second kappa shape index (κ2) is 6.36. The number of hydrogen-bond donors (Lipinski definition) is 1. The van der Waals surface area contributed by atoms with Crippen molar-refractivity contribution in [2.24, 2.45) is 5.92 Å². The highest BCUT2D eigenvalue weighted by atomic mass is 16.2. The highest BCUT2D eigenvalue weighted by molar-refractivity contribution is 5.81. The van der Waals surface area contributed by atoms with Crippen molar-refractivity contribution in [2.45, 2.75) is 38.8 Å². The van der Waals surface area contributed by atoms with E-state index in [4.69, 9.17) is 0 Å². The van der Waals surface area contributed by atoms with Crippen molar-refractivity contribution < 1.29 is 4.79 Å². The molecule has 0 spiro atoms. The molecule has 0 aromatic heterocycles. The topological polar surface area (TPSA) is 35.6 Å². The molecule has 2 unspecified atom stereocenters. The van der Waals surface area contributed by atoms with E-state index in [1.807, 2.05) is 14.1 Å². The van der Waals surface area contributed by atoms with Crippen LogP contribution in [-0.4, -0.2) is 62.0 Å². The summed E-state index contributed by atoms with van der Waals surface area (Å²) in [6, 6.07) is 0.439. The molecule has 1 aliphatic heterocycles. The standard InChI is InChI=1S/C13H27N3O/c1-10(2)8-12(13(17)15(3)4)14-11-6-7-16(5)9-11/h10-12,14H,6-9H2,1-5H3. The molecule has 2 atom stereocenters. The molecule has 1 fully saturated rings. The summed E-state index contributed by atoms with van der Waals surface area (Å²) in [6.45, 7) is 6.51. The number of hydrogen-bond acceptors (Lipinski definition) is 3. The third kappa shape index (κ3) is 4.64. The van der Waals surface area contributed by atoms with E-state index in [9.17, 15) is 4.79 Å². The molecule has 4 heteroatoms. The Hall–Kier alpha value is -0.610. The molecule has 1 saturated heterocycles. The molecule has 0 aromatic carbocycles. The maximum Gasteiger partial charge on any atom is 0.239 e. The summed E-state index contributed by atoms with van der Waals surface area (Å²) in [7, 11) is 5.79. The fourth-order valence-electron chi connectivity index (χ4n) is 2.38. The van der Waals surface area contributed by atoms with Gasteiger partial charge < -0.3 is 15.1 Å². The zero-order valence-corrected chi connectivity index (χ0v) is 11.9. The van der Waals surface area contributed by atoms with Crippen LogP contribution in [0.25, 0.3) is 0 Å². The predicted molar refractivity (Wildman–Crippen MR) is 71.0 cm³/mol. The molecule has 17 heavy (non-hydrogen) atoms. The summed E-state index contributed by atoms with van der Waals surface area (Å²) in [5.41, 5.74) is 0. The van der Waals surface area contributed by atoms with Crippen LogP contribution >= 0.6 is 0 Å². The van der Waals surface area contributed by atoms with E-state index in [0.717, 1.165) is 25.9 Å². The first kappa shape index (κ1) is 14.5. The summed E-state index contributed by atoms with van der Waals surface area (Å²) in [6.07, 6.45) is 2.06. The minimum atomic E-state index is -0.0264. The van der Waals surface area contributed by atoms with Crippen LogP contribution in [0.5, 0.6) is 0 Å². The molecule has 0 aromatic rings. The molecular formula is C13H27N3O. The first-order valence-electron chi connectivity index (χ1n) is 6.56. The van der Waals surface area contributed by atoms with Crippen LogP contribution < -0.4 is 5.32 Å². The van der Waals surface area contributed by atoms with E-state index in [0.29, 0.717) is 12.0 Å². The molecule has 0 bridgehead atoms. The van der Waals surface area contributed by atoms with Crippen LogP contribution in [-0.2, 0) is 4.79 Å². The highest BCUT2D eigenvalue weighted by Crippen LogP contribution is 2.12. The first-order chi connectivity index (χ1) is 7.90. The molecule has 1 amide bonds. The van der Waals surface area contributed by atoms with Gasteiger partial charge in [0.25, 0.3) is 0 Å². The Bertz CT molecular complexity index is 253. The van der Waals surface area contributed by atoms with Crippen molar-refractivity contribution in [2.75, 3.05) is 34.2 Å². The number of nitrogens with one attached hydrogen (secondary N) is 1. The molecule has 1 rings (SSSR count). The van der Waals surface area contributed by atoms with Crippen LogP contribution in [0.3, 0.4) is 0 Å². The zero-order valence-electron chi connectivity index (χ0n) is 11.9. The van der Waals surface area contributed by atoms with Crippen molar-refractivity contribution in [1.29, 1.82) is 0 Å². The number of carbonyl (C=O) groups excluding carboxylic acids is 1. The fourth-order valence-corrected chi connectivity index (χ4v) is 2.38. The van der Waals surface area contributed by atoms with Gasteiger partial charge in [-0.25, -0.2) is 0 Å². The average Bonchev–Trinajstić information content (AvgIpc) is 2.61. The Kier molecular flexibility index (Phi) is 5.40. The zero-order chi connectivity index (χ0) is 13.0. The second-order valence-corrected chi connectivity index (χ2v) is 5.83. The lowest BCUT2D eigenvalue weighted by Gasteiger charge is -2.26. The Morgan fingerprint density at radius 3 is 2.53 bits per heavy atom. The van der Waals surface area contributed by atoms with E-state index < -0.39 is 0 Å². The molecule has 100 valence electrons. The maximum absolute atomic E-state index is 12.1. The largest absolute Gasteiger partial charge is 0.347 e. The van der Waals surface area contributed by atoms with Gasteiger partial charge in [-0.15, -0.1) is 0 Å². The number of rotatable bonds is 5. The van der Waals surface area contributed by atoms with Gasteiger partial charge in [-0.2, -0.15) is 0 Å². The van der Waals surface area contributed by atoms with E-state index in [1.165, 1.54) is 0 Å². The summed E-state index contributed by atoms with van der Waals surface area (Å²) >= 11 is 0. The van der Waals surface area contributed by atoms with Crippen molar-refractivity contribution in [1.82, 2.24) is 15.1 Å². The molecule has 0 saturated carbocycles. The number of amides is 1. The Morgan fingerprint density at radius 1 is 1.47 bits per heavy atom. The Morgan fingerprint density at radius 2 is 2.12 bits per heavy atom. The van der Waals surface area contributed by atoms with Crippen molar-refractivity contribution in [3.8, 4) is 0 Å². The summed E-state index contributed by atoms with van der Waals surface area (Å²) < 4.78 is 0. The van der Waals surface area contributed by atoms with Gasteiger partial charge in [0.2, 0.25) is 5.91 Å². The number of carbonyl (C=O) groups is 1. The summed E-state index contributed by atoms with van der Waals surface area (Å²) in [4.78, 5) is 16.1. The first-order valence-corrected chi connectivity index (χ1v) is 6.56. The van der Waals surface area contributed by atoms with Crippen LogP contribution in [0.1, 0.15) is 26.7 Å². The predicted octanol–water partition coefficient (Wildman–Crippen LogP) is 0.783. The molecule has 0 aliphatic carbocycles. The quantitative estimate of drug-likeness (QED) is 0.773. The van der Waals surface area contributed by atoms with E-state index in [1.54, 1.807) is 4.90 Å². The van der Waals surface area contributed by atoms with Crippen molar-refractivity contribution in [3.63, 3.8) is 0 Å². The minimum Gasteiger partial charge on any atom is -0.347 e. The van der Waals surface area contributed by atoms with E-state index >= 15 is 0 Å². The number of nitrogens with zero attached hydrogens (tertiary/aromatic N) is 2. The highest BCUT2D eigenvalue weighted by Gasteiger charge is 2.27. The fraction of sp³-hybridized carbons (Fsp3) is 0.923. The SMILES string of the molecule is CC(C)CC(NC1CCN(C)C1)C(=O)N(C)C. The average molecular weight is 241 g/mol. The van der Waals surface area contributed by atoms with Gasteiger partial charge in [-0.3, -0.25) is 4.79 Å². The van der Waals surface area contributed by atoms with Gasteiger partial charge in [0.05, 0.1) is 6.04 Å². The summed E-state index contributed by atoms with van der Waals surface area (Å²) in [5.74, 6) is 0.740. The lowest BCUT2D eigenvalue weighted by atomic mass is 10.0. The Labute approximate surface area is 105 Å². The van der Waals surface area contributed by atoms with Crippen molar-refractivity contribution in [3.05, 3.63) is 0 Å². The lowest BCUT2D eigenvalue weighted by Crippen LogP contribution is -2.49. The third-order valence-electron chi connectivity index (χ3n) is 3.27. The third-order valence-corrected chi connectivity index (χ3v) is 3.27. The van der Waals surface area contributed by atoms with Crippen LogP contribution in [0.4, 0.5) is 0 Å². The van der Waals surface area contributed by atoms with Crippen LogP contribution in [0.2, 0.25) is 0 Å². The molecule has 1 heterocycles. The monoisotopic (exact) mass is 241 g/mol. The summed E-state index contributed by atoms with van der Waals surface area (Å²) in [5, 5.41) is 3.53. The van der Waals surface area contributed by atoms with Crippen molar-refractivity contribution >= 4 is 5.91 Å². The van der Waals surface area contributed by atoms with Gasteiger partial charge in [0.1, 0.15) is 0 Å². The van der Waals surface area contributed by atoms with Crippen LogP contribution in [0.15, 0.2) is 0 Å². The second-order valence-electron chi connectivity index (χ2n) is 5.83. The normalized spacial score (nSPS) is 23.1. The van der Waals surface area contributed by atoms with E-state index in [2.05, 4.69) is 31.1 Å². The molecular weight excluding hydrogens is 214 g/mol. The number of likely N-dealkylation sites (N-methyl/N-ethyl adjacent to an activating group) is 2. The van der Waals surface area contributed by atoms with Gasteiger partial charge in [-0.05, 0) is 32.4 Å². The van der Waals surface area contributed by atoms with Gasteiger partial charge in [-0.1, -0.05) is 13.8 Å². The minimum absolute atomic E-state index is 0.0264. The van der Waals surface area contributed by atoms with Gasteiger partial charge >= 0.3 is 0 Å². The molecule has 1 aliphatic rings. The maximum atomic E-state index is 12.1. The smallest absolute Gasteiger partial charge is 0.239 e.